The van der Waals surface area contributed by atoms with Crippen LogP contribution in [0.25, 0.3) is 0 Å². The second-order valence-electron chi connectivity index (χ2n) is 6.89. The molecule has 0 aliphatic carbocycles. The third kappa shape index (κ3) is 5.38. The van der Waals surface area contributed by atoms with Crippen LogP contribution in [0.2, 0.25) is 5.02 Å². The molecule has 1 heterocycles. The lowest BCUT2D eigenvalue weighted by atomic mass is 9.95. The summed E-state index contributed by atoms with van der Waals surface area (Å²) < 4.78 is 38.9. The fourth-order valence-electron chi connectivity index (χ4n) is 3.24. The first-order valence-corrected chi connectivity index (χ1v) is 9.67. The number of hydrogen-bond acceptors (Lipinski definition) is 3. The Hall–Kier alpha value is -2.87. The molecule has 1 N–H and O–H groups in total. The van der Waals surface area contributed by atoms with Crippen LogP contribution in [0.1, 0.15) is 34.3 Å². The van der Waals surface area contributed by atoms with Gasteiger partial charge in [0, 0.05) is 35.2 Å². The third-order valence-electron chi connectivity index (χ3n) is 4.89. The van der Waals surface area contributed by atoms with Gasteiger partial charge in [-0.2, -0.15) is 18.3 Å². The quantitative estimate of drug-likeness (QED) is 0.570. The summed E-state index contributed by atoms with van der Waals surface area (Å²) in [4.78, 5) is 26.4. The van der Waals surface area contributed by atoms with Gasteiger partial charge in [-0.25, -0.2) is 5.43 Å². The van der Waals surface area contributed by atoms with E-state index in [1.165, 1.54) is 18.2 Å². The van der Waals surface area contributed by atoms with Gasteiger partial charge in [0.15, 0.2) is 0 Å². The normalized spacial score (nSPS) is 15.4. The molecule has 0 unspecified atom stereocenters. The Bertz CT molecular complexity index is 937. The number of benzene rings is 2. The highest BCUT2D eigenvalue weighted by Crippen LogP contribution is 2.31. The topological polar surface area (TPSA) is 61.8 Å². The number of nitrogens with one attached hydrogen (secondary N) is 1. The molecule has 2 aromatic carbocycles. The van der Waals surface area contributed by atoms with Crippen LogP contribution >= 0.6 is 11.6 Å². The summed E-state index contributed by atoms with van der Waals surface area (Å²) in [6, 6.07) is 11.6. The summed E-state index contributed by atoms with van der Waals surface area (Å²) in [6.07, 6.45) is -2.63. The molecule has 0 spiro atoms. The van der Waals surface area contributed by atoms with Gasteiger partial charge in [0.05, 0.1) is 11.8 Å². The summed E-state index contributed by atoms with van der Waals surface area (Å²) in [5, 5.41) is 4.23. The first kappa shape index (κ1) is 21.8. The Morgan fingerprint density at radius 3 is 2.33 bits per heavy atom. The molecule has 5 nitrogen and oxygen atoms in total. The number of nitrogens with zero attached hydrogens (tertiary/aromatic N) is 2. The number of alkyl halides is 3. The van der Waals surface area contributed by atoms with Crippen molar-refractivity contribution in [2.75, 3.05) is 13.1 Å². The second-order valence-corrected chi connectivity index (χ2v) is 7.33. The van der Waals surface area contributed by atoms with Crippen LogP contribution in [0, 0.1) is 5.92 Å². The number of carbonyl (C=O) groups excluding carboxylic acids is 2. The highest BCUT2D eigenvalue weighted by atomic mass is 35.5. The van der Waals surface area contributed by atoms with Gasteiger partial charge in [-0.3, -0.25) is 9.59 Å². The third-order valence-corrected chi connectivity index (χ3v) is 5.14. The van der Waals surface area contributed by atoms with E-state index in [0.29, 0.717) is 36.5 Å². The van der Waals surface area contributed by atoms with Gasteiger partial charge in [0.1, 0.15) is 0 Å². The molecule has 2 aromatic rings. The molecule has 0 aromatic heterocycles. The first-order chi connectivity index (χ1) is 14.3. The van der Waals surface area contributed by atoms with Crippen LogP contribution in [0.15, 0.2) is 53.6 Å². The standard InChI is InChI=1S/C21H19ClF3N3O2/c22-17-7-5-15(6-8-17)20(30)28-11-9-14(10-12-28)19(29)27-26-13-16-3-1-2-4-18(16)21(23,24)25/h1-8,13-14H,9-12H2,(H,27,29)/b26-13-. The maximum atomic E-state index is 13.0. The molecule has 0 saturated carbocycles. The Morgan fingerprint density at radius 1 is 1.07 bits per heavy atom. The van der Waals surface area contributed by atoms with Gasteiger partial charge in [0.25, 0.3) is 5.91 Å². The number of amides is 2. The minimum Gasteiger partial charge on any atom is -0.339 e. The van der Waals surface area contributed by atoms with Gasteiger partial charge in [0.2, 0.25) is 5.91 Å². The molecular weight excluding hydrogens is 419 g/mol. The van der Waals surface area contributed by atoms with Crippen LogP contribution < -0.4 is 5.43 Å². The molecule has 1 aliphatic heterocycles. The lowest BCUT2D eigenvalue weighted by Gasteiger charge is -2.31. The van der Waals surface area contributed by atoms with Crippen molar-refractivity contribution in [3.8, 4) is 0 Å². The molecule has 158 valence electrons. The van der Waals surface area contributed by atoms with Gasteiger partial charge >= 0.3 is 6.18 Å². The number of hydrogen-bond donors (Lipinski definition) is 1. The fraction of sp³-hybridized carbons (Fsp3) is 0.286. The Kier molecular flexibility index (Phi) is 6.77. The van der Waals surface area contributed by atoms with E-state index in [0.717, 1.165) is 12.3 Å². The van der Waals surface area contributed by atoms with Crippen molar-refractivity contribution in [2.24, 2.45) is 11.0 Å². The maximum absolute atomic E-state index is 13.0. The van der Waals surface area contributed by atoms with E-state index in [1.807, 2.05) is 0 Å². The lowest BCUT2D eigenvalue weighted by molar-refractivity contribution is -0.137. The van der Waals surface area contributed by atoms with E-state index in [2.05, 4.69) is 10.5 Å². The van der Waals surface area contributed by atoms with Gasteiger partial charge < -0.3 is 4.90 Å². The van der Waals surface area contributed by atoms with E-state index in [1.54, 1.807) is 29.2 Å². The maximum Gasteiger partial charge on any atom is 0.417 e. The van der Waals surface area contributed by atoms with Crippen LogP contribution in [-0.2, 0) is 11.0 Å². The van der Waals surface area contributed by atoms with Crippen molar-refractivity contribution < 1.29 is 22.8 Å². The largest absolute Gasteiger partial charge is 0.417 e. The van der Waals surface area contributed by atoms with Crippen LogP contribution in [0.3, 0.4) is 0 Å². The number of carbonyl (C=O) groups is 2. The van der Waals surface area contributed by atoms with Crippen molar-refractivity contribution >= 4 is 29.6 Å². The van der Waals surface area contributed by atoms with Crippen molar-refractivity contribution in [3.05, 3.63) is 70.2 Å². The van der Waals surface area contributed by atoms with Gasteiger partial charge in [-0.15, -0.1) is 0 Å². The summed E-state index contributed by atoms with van der Waals surface area (Å²) in [7, 11) is 0. The van der Waals surface area contributed by atoms with Gasteiger partial charge in [-0.05, 0) is 43.2 Å². The molecule has 9 heteroatoms. The van der Waals surface area contributed by atoms with E-state index < -0.39 is 11.7 Å². The molecule has 1 fully saturated rings. The SMILES string of the molecule is O=C(N/N=C\c1ccccc1C(F)(F)F)C1CCN(C(=O)c2ccc(Cl)cc2)CC1. The second kappa shape index (κ2) is 9.30. The summed E-state index contributed by atoms with van der Waals surface area (Å²) in [5.41, 5.74) is 1.88. The van der Waals surface area contributed by atoms with Gasteiger partial charge in [-0.1, -0.05) is 29.8 Å². The number of hydrazone groups is 1. The van der Waals surface area contributed by atoms with Crippen molar-refractivity contribution in [3.63, 3.8) is 0 Å². The average molecular weight is 438 g/mol. The summed E-state index contributed by atoms with van der Waals surface area (Å²) in [6.45, 7) is 0.806. The Labute approximate surface area is 176 Å². The van der Waals surface area contributed by atoms with Crippen molar-refractivity contribution in [1.29, 1.82) is 0 Å². The zero-order chi connectivity index (χ0) is 21.7. The molecule has 0 bridgehead atoms. The minimum absolute atomic E-state index is 0.131. The van der Waals surface area contributed by atoms with Crippen molar-refractivity contribution in [1.82, 2.24) is 10.3 Å². The molecule has 3 rings (SSSR count). The zero-order valence-electron chi connectivity index (χ0n) is 15.8. The predicted molar refractivity (Wildman–Crippen MR) is 107 cm³/mol. The van der Waals surface area contributed by atoms with Crippen molar-refractivity contribution in [2.45, 2.75) is 19.0 Å². The zero-order valence-corrected chi connectivity index (χ0v) is 16.6. The lowest BCUT2D eigenvalue weighted by Crippen LogP contribution is -2.42. The van der Waals surface area contributed by atoms with E-state index in [4.69, 9.17) is 11.6 Å². The number of likely N-dealkylation sites (tertiary alicyclic amines) is 1. The summed E-state index contributed by atoms with van der Waals surface area (Å²) in [5.74, 6) is -0.879. The van der Waals surface area contributed by atoms with E-state index in [-0.39, 0.29) is 23.3 Å². The number of halogens is 4. The van der Waals surface area contributed by atoms with Crippen LogP contribution in [0.5, 0.6) is 0 Å². The monoisotopic (exact) mass is 437 g/mol. The molecular formula is C21H19ClF3N3O2. The highest BCUT2D eigenvalue weighted by molar-refractivity contribution is 6.30. The molecule has 2 amide bonds. The Morgan fingerprint density at radius 2 is 1.70 bits per heavy atom. The minimum atomic E-state index is -4.50. The summed E-state index contributed by atoms with van der Waals surface area (Å²) >= 11 is 5.83. The Balaban J connectivity index is 1.53. The van der Waals surface area contributed by atoms with E-state index >= 15 is 0 Å². The highest BCUT2D eigenvalue weighted by Gasteiger charge is 2.32. The first-order valence-electron chi connectivity index (χ1n) is 9.29. The van der Waals surface area contributed by atoms with E-state index in [9.17, 15) is 22.8 Å². The molecule has 0 atom stereocenters. The molecule has 1 saturated heterocycles. The average Bonchev–Trinajstić information content (AvgIpc) is 2.73. The molecule has 0 radical (unpaired) electrons. The predicted octanol–water partition coefficient (Wildman–Crippen LogP) is 4.36. The van der Waals surface area contributed by atoms with Crippen LogP contribution in [-0.4, -0.2) is 36.0 Å². The van der Waals surface area contributed by atoms with Crippen LogP contribution in [0.4, 0.5) is 13.2 Å². The fourth-order valence-corrected chi connectivity index (χ4v) is 3.37. The molecule has 30 heavy (non-hydrogen) atoms. The smallest absolute Gasteiger partial charge is 0.339 e. The molecule has 1 aliphatic rings. The number of rotatable bonds is 4. The number of piperidine rings is 1.